The second kappa shape index (κ2) is 7.94. The first kappa shape index (κ1) is 13.8. The molecule has 0 fully saturated rings. The monoisotopic (exact) mass is 252 g/mol. The van der Waals surface area contributed by atoms with Gasteiger partial charge >= 0.3 is 0 Å². The van der Waals surface area contributed by atoms with Crippen LogP contribution in [-0.2, 0) is 0 Å². The summed E-state index contributed by atoms with van der Waals surface area (Å²) in [7, 11) is 2.03. The van der Waals surface area contributed by atoms with E-state index in [0.29, 0.717) is 18.1 Å². The molecule has 0 aliphatic heterocycles. The Hall–Kier alpha value is -1.24. The first-order chi connectivity index (χ1) is 8.22. The lowest BCUT2D eigenvalue weighted by atomic mass is 10.3. The fraction of sp³-hybridized carbons (Fsp3) is 0.462. The Balaban J connectivity index is 2.17. The third-order valence-electron chi connectivity index (χ3n) is 2.37. The Morgan fingerprint density at radius 1 is 1.41 bits per heavy atom. The number of nitriles is 1. The van der Waals surface area contributed by atoms with Gasteiger partial charge in [0.25, 0.3) is 0 Å². The van der Waals surface area contributed by atoms with Gasteiger partial charge in [0, 0.05) is 18.0 Å². The van der Waals surface area contributed by atoms with Crippen molar-refractivity contribution < 1.29 is 4.74 Å². The summed E-state index contributed by atoms with van der Waals surface area (Å²) in [6.45, 7) is 2.40. The molecule has 0 bridgehead atoms. The van der Waals surface area contributed by atoms with E-state index in [4.69, 9.17) is 21.6 Å². The lowest BCUT2D eigenvalue weighted by Crippen LogP contribution is -2.25. The zero-order chi connectivity index (χ0) is 12.5. The highest BCUT2D eigenvalue weighted by Gasteiger charge is 1.99. The van der Waals surface area contributed by atoms with Gasteiger partial charge in [-0.3, -0.25) is 0 Å². The van der Waals surface area contributed by atoms with Crippen LogP contribution in [0.2, 0.25) is 5.02 Å². The molecule has 0 amide bonds. The average Bonchev–Trinajstić information content (AvgIpc) is 2.29. The third kappa shape index (κ3) is 6.15. The van der Waals surface area contributed by atoms with E-state index in [-0.39, 0.29) is 0 Å². The topological polar surface area (TPSA) is 36.3 Å². The highest BCUT2D eigenvalue weighted by atomic mass is 35.5. The quantitative estimate of drug-likeness (QED) is 0.700. The molecule has 0 aromatic heterocycles. The molecule has 4 heteroatoms. The van der Waals surface area contributed by atoms with Gasteiger partial charge in [0.15, 0.2) is 0 Å². The Morgan fingerprint density at radius 2 is 2.24 bits per heavy atom. The summed E-state index contributed by atoms with van der Waals surface area (Å²) in [5.74, 6) is 0.794. The lowest BCUT2D eigenvalue weighted by molar-refractivity contribution is 0.236. The molecule has 17 heavy (non-hydrogen) atoms. The zero-order valence-corrected chi connectivity index (χ0v) is 10.8. The second-order valence-electron chi connectivity index (χ2n) is 3.87. The number of benzene rings is 1. The summed E-state index contributed by atoms with van der Waals surface area (Å²) < 4.78 is 5.57. The van der Waals surface area contributed by atoms with Crippen molar-refractivity contribution in [1.29, 1.82) is 5.26 Å². The van der Waals surface area contributed by atoms with Gasteiger partial charge in [-0.15, -0.1) is 0 Å². The average molecular weight is 253 g/mol. The van der Waals surface area contributed by atoms with Crippen LogP contribution in [0.15, 0.2) is 24.3 Å². The highest BCUT2D eigenvalue weighted by molar-refractivity contribution is 6.30. The van der Waals surface area contributed by atoms with Crippen LogP contribution in [0.5, 0.6) is 5.75 Å². The molecule has 1 rings (SSSR count). The van der Waals surface area contributed by atoms with Gasteiger partial charge in [-0.2, -0.15) is 5.26 Å². The smallest absolute Gasteiger partial charge is 0.120 e. The summed E-state index contributed by atoms with van der Waals surface area (Å²) >= 11 is 5.85. The maximum Gasteiger partial charge on any atom is 0.120 e. The van der Waals surface area contributed by atoms with E-state index in [0.717, 1.165) is 25.3 Å². The van der Waals surface area contributed by atoms with Crippen LogP contribution in [-0.4, -0.2) is 31.6 Å². The minimum atomic E-state index is 0.611. The van der Waals surface area contributed by atoms with E-state index in [1.165, 1.54) is 0 Å². The molecule has 0 N–H and O–H groups in total. The molecule has 1 aromatic rings. The SMILES string of the molecule is CN(CCCC#N)CCOc1cccc(Cl)c1. The van der Waals surface area contributed by atoms with Crippen LogP contribution in [0, 0.1) is 11.3 Å². The Labute approximate surface area is 108 Å². The summed E-state index contributed by atoms with van der Waals surface area (Å²) in [4.78, 5) is 2.15. The number of halogens is 1. The van der Waals surface area contributed by atoms with Crippen molar-refractivity contribution in [2.75, 3.05) is 26.7 Å². The van der Waals surface area contributed by atoms with Crippen LogP contribution in [0.1, 0.15) is 12.8 Å². The molecule has 0 saturated heterocycles. The molecule has 1 aromatic carbocycles. The van der Waals surface area contributed by atoms with Crippen molar-refractivity contribution in [3.63, 3.8) is 0 Å². The predicted octanol–water partition coefficient (Wildman–Crippen LogP) is 2.95. The first-order valence-electron chi connectivity index (χ1n) is 5.66. The summed E-state index contributed by atoms with van der Waals surface area (Å²) in [6.07, 6.45) is 1.52. The molecular weight excluding hydrogens is 236 g/mol. The number of ether oxygens (including phenoxy) is 1. The van der Waals surface area contributed by atoms with Gasteiger partial charge in [-0.25, -0.2) is 0 Å². The molecule has 0 saturated carbocycles. The first-order valence-corrected chi connectivity index (χ1v) is 6.04. The van der Waals surface area contributed by atoms with Crippen molar-refractivity contribution in [3.8, 4) is 11.8 Å². The number of rotatable bonds is 7. The molecular formula is C13H17ClN2O. The van der Waals surface area contributed by atoms with Gasteiger partial charge in [0.1, 0.15) is 12.4 Å². The molecule has 0 heterocycles. The van der Waals surface area contributed by atoms with Gasteiger partial charge < -0.3 is 9.64 Å². The van der Waals surface area contributed by atoms with E-state index < -0.39 is 0 Å². The maximum absolute atomic E-state index is 8.42. The standard InChI is InChI=1S/C13H17ClN2O/c1-16(8-3-2-7-15)9-10-17-13-6-4-5-12(14)11-13/h4-6,11H,2-3,8-10H2,1H3. The van der Waals surface area contributed by atoms with Crippen molar-refractivity contribution in [2.24, 2.45) is 0 Å². The molecule has 0 unspecified atom stereocenters. The van der Waals surface area contributed by atoms with Crippen LogP contribution in [0.4, 0.5) is 0 Å². The minimum Gasteiger partial charge on any atom is -0.492 e. The van der Waals surface area contributed by atoms with Crippen LogP contribution < -0.4 is 4.74 Å². The second-order valence-corrected chi connectivity index (χ2v) is 4.31. The largest absolute Gasteiger partial charge is 0.492 e. The Morgan fingerprint density at radius 3 is 2.94 bits per heavy atom. The van der Waals surface area contributed by atoms with E-state index in [1.807, 2.05) is 25.2 Å². The summed E-state index contributed by atoms with van der Waals surface area (Å²) in [5, 5.41) is 9.11. The van der Waals surface area contributed by atoms with Gasteiger partial charge in [-0.05, 0) is 38.2 Å². The van der Waals surface area contributed by atoms with E-state index in [2.05, 4.69) is 11.0 Å². The molecule has 3 nitrogen and oxygen atoms in total. The number of unbranched alkanes of at least 4 members (excludes halogenated alkanes) is 1. The van der Waals surface area contributed by atoms with Crippen molar-refractivity contribution >= 4 is 11.6 Å². The Bertz CT molecular complexity index is 376. The molecule has 0 aliphatic rings. The molecule has 0 radical (unpaired) electrons. The summed E-state index contributed by atoms with van der Waals surface area (Å²) in [6, 6.07) is 9.52. The van der Waals surface area contributed by atoms with Gasteiger partial charge in [-0.1, -0.05) is 17.7 Å². The van der Waals surface area contributed by atoms with Crippen molar-refractivity contribution in [3.05, 3.63) is 29.3 Å². The highest BCUT2D eigenvalue weighted by Crippen LogP contribution is 2.16. The fourth-order valence-electron chi connectivity index (χ4n) is 1.42. The summed E-state index contributed by atoms with van der Waals surface area (Å²) in [5.41, 5.74) is 0. The van der Waals surface area contributed by atoms with Crippen LogP contribution >= 0.6 is 11.6 Å². The molecule has 92 valence electrons. The fourth-order valence-corrected chi connectivity index (χ4v) is 1.60. The normalized spacial score (nSPS) is 10.2. The lowest BCUT2D eigenvalue weighted by Gasteiger charge is -2.16. The van der Waals surface area contributed by atoms with Crippen LogP contribution in [0.3, 0.4) is 0 Å². The number of hydrogen-bond donors (Lipinski definition) is 0. The van der Waals surface area contributed by atoms with E-state index >= 15 is 0 Å². The van der Waals surface area contributed by atoms with Gasteiger partial charge in [0.05, 0.1) is 6.07 Å². The Kier molecular flexibility index (Phi) is 6.46. The van der Waals surface area contributed by atoms with E-state index in [9.17, 15) is 0 Å². The molecule has 0 atom stereocenters. The van der Waals surface area contributed by atoms with Crippen LogP contribution in [0.25, 0.3) is 0 Å². The number of hydrogen-bond acceptors (Lipinski definition) is 3. The minimum absolute atomic E-state index is 0.611. The maximum atomic E-state index is 8.42. The van der Waals surface area contributed by atoms with E-state index in [1.54, 1.807) is 6.07 Å². The zero-order valence-electron chi connectivity index (χ0n) is 10.0. The van der Waals surface area contributed by atoms with Gasteiger partial charge in [0.2, 0.25) is 0 Å². The molecule has 0 aliphatic carbocycles. The number of likely N-dealkylation sites (N-methyl/N-ethyl adjacent to an activating group) is 1. The van der Waals surface area contributed by atoms with Crippen molar-refractivity contribution in [1.82, 2.24) is 4.90 Å². The van der Waals surface area contributed by atoms with Crippen molar-refractivity contribution in [2.45, 2.75) is 12.8 Å². The molecule has 0 spiro atoms. The predicted molar refractivity (Wildman–Crippen MR) is 69.3 cm³/mol. The third-order valence-corrected chi connectivity index (χ3v) is 2.60. The number of nitrogens with zero attached hydrogens (tertiary/aromatic N) is 2.